The molecule has 0 aromatic carbocycles. The van der Waals surface area contributed by atoms with Crippen LogP contribution in [0.1, 0.15) is 13.3 Å². The van der Waals surface area contributed by atoms with Gasteiger partial charge >= 0.3 is 0 Å². The first-order valence-corrected chi connectivity index (χ1v) is 3.51. The largest absolute Gasteiger partial charge is 0.750 e. The molecule has 0 fully saturated rings. The van der Waals surface area contributed by atoms with E-state index in [0.29, 0.717) is 6.42 Å². The Morgan fingerprint density at radius 3 is 2.62 bits per heavy atom. The molecular formula is C3H6ClO3S-. The van der Waals surface area contributed by atoms with E-state index in [1.807, 2.05) is 0 Å². The van der Waals surface area contributed by atoms with Crippen LogP contribution in [0.25, 0.3) is 0 Å². The molecule has 0 saturated carbocycles. The summed E-state index contributed by atoms with van der Waals surface area (Å²) >= 11 is 2.77. The topological polar surface area (TPSA) is 49.4 Å². The van der Waals surface area contributed by atoms with Gasteiger partial charge in [-0.1, -0.05) is 18.5 Å². The van der Waals surface area contributed by atoms with Gasteiger partial charge in [0.15, 0.2) is 0 Å². The number of halogens is 1. The standard InChI is InChI=1S/C3H7ClO3S/c1-2-3(4)7-8(5)6/h3H,2H2,1H3,(H,5,6)/p-1. The zero-order valence-electron chi connectivity index (χ0n) is 4.30. The van der Waals surface area contributed by atoms with Gasteiger partial charge in [-0.25, -0.2) is 4.21 Å². The first-order chi connectivity index (χ1) is 3.66. The summed E-state index contributed by atoms with van der Waals surface area (Å²) in [5.41, 5.74) is -0.715. The molecule has 0 aliphatic heterocycles. The van der Waals surface area contributed by atoms with Crippen LogP contribution in [0.5, 0.6) is 0 Å². The van der Waals surface area contributed by atoms with Crippen LogP contribution < -0.4 is 0 Å². The number of rotatable bonds is 3. The Kier molecular flexibility index (Phi) is 4.45. The minimum absolute atomic E-state index is 0.482. The molecule has 0 amide bonds. The van der Waals surface area contributed by atoms with Crippen molar-refractivity contribution in [3.63, 3.8) is 0 Å². The highest BCUT2D eigenvalue weighted by Gasteiger charge is 1.98. The van der Waals surface area contributed by atoms with Crippen LogP contribution >= 0.6 is 11.6 Å². The van der Waals surface area contributed by atoms with E-state index in [9.17, 15) is 8.76 Å². The van der Waals surface area contributed by atoms with Crippen molar-refractivity contribution in [1.29, 1.82) is 0 Å². The molecule has 50 valence electrons. The lowest BCUT2D eigenvalue weighted by atomic mass is 10.5. The molecule has 8 heavy (non-hydrogen) atoms. The van der Waals surface area contributed by atoms with Crippen LogP contribution in [0.3, 0.4) is 0 Å². The van der Waals surface area contributed by atoms with E-state index in [0.717, 1.165) is 0 Å². The van der Waals surface area contributed by atoms with Crippen LogP contribution in [-0.4, -0.2) is 14.3 Å². The lowest BCUT2D eigenvalue weighted by Gasteiger charge is -2.08. The maximum Gasteiger partial charge on any atom is 0.147 e. The summed E-state index contributed by atoms with van der Waals surface area (Å²) in [6.07, 6.45) is 0.482. The van der Waals surface area contributed by atoms with Crippen molar-refractivity contribution in [3.05, 3.63) is 0 Å². The molecule has 2 unspecified atom stereocenters. The molecule has 0 aliphatic carbocycles. The van der Waals surface area contributed by atoms with Crippen molar-refractivity contribution in [3.8, 4) is 0 Å². The van der Waals surface area contributed by atoms with E-state index in [1.165, 1.54) is 0 Å². The third-order valence-electron chi connectivity index (χ3n) is 0.504. The van der Waals surface area contributed by atoms with Gasteiger partial charge in [0.05, 0.1) is 11.4 Å². The first-order valence-electron chi connectivity index (χ1n) is 2.07. The molecule has 0 heterocycles. The Bertz CT molecular complexity index is 86.6. The third kappa shape index (κ3) is 4.52. The summed E-state index contributed by atoms with van der Waals surface area (Å²) in [6, 6.07) is 0. The van der Waals surface area contributed by atoms with Crippen molar-refractivity contribution in [1.82, 2.24) is 0 Å². The highest BCUT2D eigenvalue weighted by molar-refractivity contribution is 7.74. The SMILES string of the molecule is CCC(Cl)OS(=O)[O-]. The molecule has 0 aromatic heterocycles. The molecule has 0 bridgehead atoms. The van der Waals surface area contributed by atoms with Crippen molar-refractivity contribution in [2.75, 3.05) is 0 Å². The van der Waals surface area contributed by atoms with Gasteiger partial charge in [-0.15, -0.1) is 0 Å². The van der Waals surface area contributed by atoms with Crippen molar-refractivity contribution < 1.29 is 12.9 Å². The Balaban J connectivity index is 3.24. The van der Waals surface area contributed by atoms with E-state index in [2.05, 4.69) is 4.18 Å². The summed E-state index contributed by atoms with van der Waals surface area (Å²) in [6.45, 7) is 1.73. The number of alkyl halides is 1. The molecule has 5 heteroatoms. The fourth-order valence-electron chi connectivity index (χ4n) is 0.153. The maximum atomic E-state index is 9.66. The molecule has 0 aromatic rings. The summed E-state index contributed by atoms with van der Waals surface area (Å²) in [5, 5.41) is 0. The monoisotopic (exact) mass is 157 g/mol. The highest BCUT2D eigenvalue weighted by Crippen LogP contribution is 2.02. The van der Waals surface area contributed by atoms with E-state index in [1.54, 1.807) is 6.92 Å². The van der Waals surface area contributed by atoms with E-state index < -0.39 is 16.9 Å². The average molecular weight is 158 g/mol. The van der Waals surface area contributed by atoms with Gasteiger partial charge in [-0.3, -0.25) is 4.18 Å². The maximum absolute atomic E-state index is 9.66. The van der Waals surface area contributed by atoms with Crippen LogP contribution in [-0.2, 0) is 15.5 Å². The third-order valence-corrected chi connectivity index (χ3v) is 1.40. The molecule has 0 spiro atoms. The minimum atomic E-state index is -2.48. The van der Waals surface area contributed by atoms with Crippen molar-refractivity contribution >= 4 is 23.0 Å². The Hall–Kier alpha value is 0.360. The van der Waals surface area contributed by atoms with Gasteiger partial charge in [-0.2, -0.15) is 0 Å². The molecule has 0 N–H and O–H groups in total. The van der Waals surface area contributed by atoms with Crippen LogP contribution in [0.15, 0.2) is 0 Å². The average Bonchev–Trinajstić information content (AvgIpc) is 1.65. The van der Waals surface area contributed by atoms with E-state index in [4.69, 9.17) is 11.6 Å². The van der Waals surface area contributed by atoms with Crippen LogP contribution in [0.2, 0.25) is 0 Å². The zero-order chi connectivity index (χ0) is 6.57. The highest BCUT2D eigenvalue weighted by atomic mass is 35.5. The Labute approximate surface area is 55.5 Å². The van der Waals surface area contributed by atoms with Crippen LogP contribution in [0, 0.1) is 0 Å². The minimum Gasteiger partial charge on any atom is -0.750 e. The molecule has 0 radical (unpaired) electrons. The predicted molar refractivity (Wildman–Crippen MR) is 29.9 cm³/mol. The lowest BCUT2D eigenvalue weighted by Crippen LogP contribution is -2.04. The zero-order valence-corrected chi connectivity index (χ0v) is 5.87. The second-order valence-corrected chi connectivity index (χ2v) is 2.21. The van der Waals surface area contributed by atoms with Crippen molar-refractivity contribution in [2.45, 2.75) is 18.9 Å². The van der Waals surface area contributed by atoms with Gasteiger partial charge in [0.25, 0.3) is 0 Å². The molecule has 0 rings (SSSR count). The van der Waals surface area contributed by atoms with E-state index >= 15 is 0 Å². The summed E-state index contributed by atoms with van der Waals surface area (Å²) in [7, 11) is 0. The Morgan fingerprint density at radius 1 is 2.00 bits per heavy atom. The first kappa shape index (κ1) is 8.36. The smallest absolute Gasteiger partial charge is 0.147 e. The molecular weight excluding hydrogens is 152 g/mol. The number of hydrogen-bond acceptors (Lipinski definition) is 3. The predicted octanol–water partition coefficient (Wildman–Crippen LogP) is 0.772. The van der Waals surface area contributed by atoms with Gasteiger partial charge in [-0.05, 0) is 6.42 Å². The Morgan fingerprint density at radius 2 is 2.50 bits per heavy atom. The summed E-state index contributed by atoms with van der Waals surface area (Å²) in [5.74, 6) is 0. The molecule has 2 atom stereocenters. The molecule has 0 saturated heterocycles. The van der Waals surface area contributed by atoms with Crippen molar-refractivity contribution in [2.24, 2.45) is 0 Å². The summed E-state index contributed by atoms with van der Waals surface area (Å²) < 4.78 is 23.4. The van der Waals surface area contributed by atoms with Crippen LogP contribution in [0.4, 0.5) is 0 Å². The van der Waals surface area contributed by atoms with Gasteiger partial charge < -0.3 is 4.55 Å². The fraction of sp³-hybridized carbons (Fsp3) is 1.00. The summed E-state index contributed by atoms with van der Waals surface area (Å²) in [4.78, 5) is 0. The van der Waals surface area contributed by atoms with Gasteiger partial charge in [0.2, 0.25) is 0 Å². The second kappa shape index (κ2) is 4.26. The van der Waals surface area contributed by atoms with Gasteiger partial charge in [0.1, 0.15) is 5.56 Å². The second-order valence-electron chi connectivity index (χ2n) is 1.12. The normalized spacial score (nSPS) is 17.9. The number of hydrogen-bond donors (Lipinski definition) is 0. The van der Waals surface area contributed by atoms with E-state index in [-0.39, 0.29) is 0 Å². The van der Waals surface area contributed by atoms with Gasteiger partial charge in [0, 0.05) is 0 Å². The molecule has 0 aliphatic rings. The fourth-order valence-corrected chi connectivity index (χ4v) is 0.638. The quantitative estimate of drug-likeness (QED) is 0.449. The lowest BCUT2D eigenvalue weighted by molar-refractivity contribution is 0.267. The molecule has 3 nitrogen and oxygen atoms in total.